The predicted octanol–water partition coefficient (Wildman–Crippen LogP) is 5.63. The quantitative estimate of drug-likeness (QED) is 0.342. The summed E-state index contributed by atoms with van der Waals surface area (Å²) in [6, 6.07) is 26.1. The van der Waals surface area contributed by atoms with E-state index < -0.39 is 0 Å². The third-order valence-corrected chi connectivity index (χ3v) is 5.47. The van der Waals surface area contributed by atoms with E-state index in [0.717, 1.165) is 5.56 Å². The van der Waals surface area contributed by atoms with Gasteiger partial charge < -0.3 is 15.2 Å². The van der Waals surface area contributed by atoms with Crippen LogP contribution in [-0.4, -0.2) is 16.9 Å². The first-order valence-corrected chi connectivity index (χ1v) is 10.9. The van der Waals surface area contributed by atoms with E-state index in [4.69, 9.17) is 26.8 Å². The maximum absolute atomic E-state index is 9.86. The van der Waals surface area contributed by atoms with Crippen LogP contribution in [0.15, 0.2) is 72.8 Å². The average Bonchev–Trinajstić information content (AvgIpc) is 3.23. The Morgan fingerprint density at radius 1 is 1.06 bits per heavy atom. The zero-order valence-corrected chi connectivity index (χ0v) is 19.5. The van der Waals surface area contributed by atoms with E-state index in [1.165, 1.54) is 4.68 Å². The number of para-hydroxylation sites is 1. The average molecular weight is 482 g/mol. The molecule has 0 spiro atoms. The molecule has 1 aromatic heterocycles. The highest BCUT2D eigenvalue weighted by molar-refractivity contribution is 6.30. The largest absolute Gasteiger partial charge is 0.493 e. The number of rotatable bonds is 7. The highest BCUT2D eigenvalue weighted by Gasteiger charge is 2.20. The summed E-state index contributed by atoms with van der Waals surface area (Å²) in [6.45, 7) is 0.341. The van der Waals surface area contributed by atoms with E-state index in [1.807, 2.05) is 42.5 Å². The van der Waals surface area contributed by atoms with Gasteiger partial charge in [0.05, 0.1) is 18.4 Å². The first-order chi connectivity index (χ1) is 17.0. The maximum atomic E-state index is 9.86. The van der Waals surface area contributed by atoms with E-state index in [0.29, 0.717) is 34.4 Å². The van der Waals surface area contributed by atoms with Crippen LogP contribution in [0, 0.1) is 22.7 Å². The van der Waals surface area contributed by atoms with Crippen molar-refractivity contribution in [1.82, 2.24) is 9.78 Å². The molecule has 8 heteroatoms. The van der Waals surface area contributed by atoms with Gasteiger partial charge in [-0.3, -0.25) is 0 Å². The van der Waals surface area contributed by atoms with Crippen molar-refractivity contribution in [2.75, 3.05) is 12.8 Å². The summed E-state index contributed by atoms with van der Waals surface area (Å²) >= 11 is 5.93. The first-order valence-electron chi connectivity index (χ1n) is 10.6. The van der Waals surface area contributed by atoms with E-state index in [9.17, 15) is 10.5 Å². The van der Waals surface area contributed by atoms with Crippen LogP contribution >= 0.6 is 11.6 Å². The summed E-state index contributed by atoms with van der Waals surface area (Å²) in [5, 5.41) is 24.7. The Balaban J connectivity index is 1.65. The molecule has 0 fully saturated rings. The highest BCUT2D eigenvalue weighted by Crippen LogP contribution is 2.32. The van der Waals surface area contributed by atoms with Crippen LogP contribution in [0.2, 0.25) is 5.02 Å². The van der Waals surface area contributed by atoms with Crippen LogP contribution in [0.5, 0.6) is 11.5 Å². The Kier molecular flexibility index (Phi) is 7.02. The van der Waals surface area contributed by atoms with Crippen molar-refractivity contribution in [3.05, 3.63) is 100 Å². The zero-order valence-electron chi connectivity index (χ0n) is 18.8. The van der Waals surface area contributed by atoms with Crippen molar-refractivity contribution in [2.45, 2.75) is 6.61 Å². The van der Waals surface area contributed by atoms with Crippen LogP contribution in [-0.2, 0) is 6.61 Å². The zero-order chi connectivity index (χ0) is 24.8. The summed E-state index contributed by atoms with van der Waals surface area (Å²) in [6.07, 6.45) is 1.63. The molecule has 172 valence electrons. The monoisotopic (exact) mass is 481 g/mol. The van der Waals surface area contributed by atoms with Crippen molar-refractivity contribution >= 4 is 29.1 Å². The van der Waals surface area contributed by atoms with Crippen LogP contribution in [0.4, 0.5) is 5.82 Å². The minimum atomic E-state index is 0.136. The molecule has 0 radical (unpaired) electrons. The molecule has 0 aliphatic heterocycles. The van der Waals surface area contributed by atoms with Crippen molar-refractivity contribution in [3.8, 4) is 29.3 Å². The fourth-order valence-electron chi connectivity index (χ4n) is 3.45. The summed E-state index contributed by atoms with van der Waals surface area (Å²) < 4.78 is 12.8. The normalized spacial score (nSPS) is 10.9. The second-order valence-corrected chi connectivity index (χ2v) is 7.90. The molecule has 0 aliphatic rings. The Bertz CT molecular complexity index is 1460. The molecule has 35 heavy (non-hydrogen) atoms. The van der Waals surface area contributed by atoms with Crippen molar-refractivity contribution in [1.29, 1.82) is 10.5 Å². The van der Waals surface area contributed by atoms with Gasteiger partial charge in [-0.15, -0.1) is 0 Å². The van der Waals surface area contributed by atoms with Crippen LogP contribution < -0.4 is 15.2 Å². The Labute approximate surface area is 207 Å². The highest BCUT2D eigenvalue weighted by atomic mass is 35.5. The lowest BCUT2D eigenvalue weighted by atomic mass is 10.1. The number of halogens is 1. The van der Waals surface area contributed by atoms with E-state index >= 15 is 0 Å². The minimum absolute atomic E-state index is 0.136. The molecule has 0 saturated carbocycles. The fourth-order valence-corrected chi connectivity index (χ4v) is 3.58. The topological polar surface area (TPSA) is 110 Å². The standard InChI is InChI=1S/C27H20ClN5O2/c1-34-25-14-19(9-12-24(25)35-17-18-7-10-21(28)11-8-18)13-20(15-29)26-23(16-30)27(31)33(32-26)22-5-3-2-4-6-22/h2-14H,17,31H2,1H3/b20-13+. The van der Waals surface area contributed by atoms with Gasteiger partial charge >= 0.3 is 0 Å². The van der Waals surface area contributed by atoms with Gasteiger partial charge in [-0.1, -0.05) is 48.0 Å². The lowest BCUT2D eigenvalue weighted by Gasteiger charge is -2.11. The van der Waals surface area contributed by atoms with Gasteiger partial charge in [-0.2, -0.15) is 15.6 Å². The number of methoxy groups -OCH3 is 1. The molecule has 0 aliphatic carbocycles. The molecule has 0 atom stereocenters. The SMILES string of the molecule is COc1cc(/C=C(\C#N)c2nn(-c3ccccc3)c(N)c2C#N)ccc1OCc1ccc(Cl)cc1. The molecule has 4 rings (SSSR count). The molecule has 1 heterocycles. The van der Waals surface area contributed by atoms with Gasteiger partial charge in [0.1, 0.15) is 35.8 Å². The minimum Gasteiger partial charge on any atom is -0.493 e. The number of anilines is 1. The van der Waals surface area contributed by atoms with Gasteiger partial charge in [0.25, 0.3) is 0 Å². The molecule has 2 N–H and O–H groups in total. The number of aromatic nitrogens is 2. The molecule has 0 unspecified atom stereocenters. The Morgan fingerprint density at radius 2 is 1.80 bits per heavy atom. The maximum Gasteiger partial charge on any atom is 0.161 e. The number of hydrogen-bond donors (Lipinski definition) is 1. The van der Waals surface area contributed by atoms with Crippen molar-refractivity contribution in [3.63, 3.8) is 0 Å². The number of nitrogens with zero attached hydrogens (tertiary/aromatic N) is 4. The van der Waals surface area contributed by atoms with E-state index in [-0.39, 0.29) is 22.6 Å². The molecule has 7 nitrogen and oxygen atoms in total. The van der Waals surface area contributed by atoms with Gasteiger partial charge in [-0.25, -0.2) is 4.68 Å². The number of nitriles is 2. The molecule has 0 amide bonds. The second kappa shape index (κ2) is 10.5. The molecular formula is C27H20ClN5O2. The van der Waals surface area contributed by atoms with Crippen molar-refractivity contribution < 1.29 is 9.47 Å². The summed E-state index contributed by atoms with van der Waals surface area (Å²) in [7, 11) is 1.54. The van der Waals surface area contributed by atoms with Gasteiger partial charge in [0.15, 0.2) is 11.5 Å². The van der Waals surface area contributed by atoms with Crippen LogP contribution in [0.25, 0.3) is 17.3 Å². The fraction of sp³-hybridized carbons (Fsp3) is 0.0741. The number of allylic oxidation sites excluding steroid dienone is 1. The number of benzene rings is 3. The van der Waals surface area contributed by atoms with E-state index in [2.05, 4.69) is 17.2 Å². The number of nitrogens with two attached hydrogens (primary N) is 1. The molecule has 0 bridgehead atoms. The number of nitrogen functional groups attached to an aromatic ring is 1. The molecular weight excluding hydrogens is 462 g/mol. The summed E-state index contributed by atoms with van der Waals surface area (Å²) in [5.74, 6) is 1.21. The van der Waals surface area contributed by atoms with Crippen molar-refractivity contribution in [2.24, 2.45) is 0 Å². The van der Waals surface area contributed by atoms with Gasteiger partial charge in [0, 0.05) is 5.02 Å². The Hall–Kier alpha value is -4.72. The predicted molar refractivity (Wildman–Crippen MR) is 135 cm³/mol. The number of ether oxygens (including phenoxy) is 2. The van der Waals surface area contributed by atoms with Gasteiger partial charge in [-0.05, 0) is 53.6 Å². The van der Waals surface area contributed by atoms with Gasteiger partial charge in [0.2, 0.25) is 0 Å². The third kappa shape index (κ3) is 5.11. The third-order valence-electron chi connectivity index (χ3n) is 5.22. The summed E-state index contributed by atoms with van der Waals surface area (Å²) in [5.41, 5.74) is 9.05. The smallest absolute Gasteiger partial charge is 0.161 e. The van der Waals surface area contributed by atoms with E-state index in [1.54, 1.807) is 43.5 Å². The second-order valence-electron chi connectivity index (χ2n) is 7.46. The first kappa shape index (κ1) is 23.4. The Morgan fingerprint density at radius 3 is 2.46 bits per heavy atom. The number of hydrogen-bond acceptors (Lipinski definition) is 6. The summed E-state index contributed by atoms with van der Waals surface area (Å²) in [4.78, 5) is 0. The lowest BCUT2D eigenvalue weighted by molar-refractivity contribution is 0.284. The lowest BCUT2D eigenvalue weighted by Crippen LogP contribution is -2.02. The molecule has 4 aromatic rings. The molecule has 3 aromatic carbocycles. The van der Waals surface area contributed by atoms with Crippen LogP contribution in [0.3, 0.4) is 0 Å². The molecule has 0 saturated heterocycles. The van der Waals surface area contributed by atoms with Crippen LogP contribution in [0.1, 0.15) is 22.4 Å².